The molecule has 0 saturated carbocycles. The monoisotopic (exact) mass is 194 g/mol. The molecule has 1 aliphatic carbocycles. The Kier molecular flexibility index (Phi) is 3.23. The molecule has 0 heterocycles. The molecule has 3 nitrogen and oxygen atoms in total. The third-order valence-electron chi connectivity index (χ3n) is 2.38. The Bertz CT molecular complexity index is 334. The van der Waals surface area contributed by atoms with Crippen molar-refractivity contribution in [3.05, 3.63) is 23.0 Å². The van der Waals surface area contributed by atoms with E-state index in [-0.39, 0.29) is 5.76 Å². The van der Waals surface area contributed by atoms with Crippen LogP contribution in [0.25, 0.3) is 0 Å². The molecule has 0 aliphatic heterocycles. The second-order valence-electron chi connectivity index (χ2n) is 3.43. The summed E-state index contributed by atoms with van der Waals surface area (Å²) >= 11 is 0. The standard InChI is InChI=1S/C11H14O3/c1-3-4-5-8-7(2)9(12)6-10(13)11(8)14/h6,12H,3-5H2,1-2H3. The molecule has 0 atom stereocenters. The molecular weight excluding hydrogens is 180 g/mol. The number of unbranched alkanes of at least 4 members (excludes halogenated alkanes) is 1. The summed E-state index contributed by atoms with van der Waals surface area (Å²) in [6, 6.07) is 0. The van der Waals surface area contributed by atoms with E-state index in [2.05, 4.69) is 0 Å². The van der Waals surface area contributed by atoms with Crippen molar-refractivity contribution in [2.75, 3.05) is 0 Å². The molecule has 0 bridgehead atoms. The molecule has 0 aromatic carbocycles. The third kappa shape index (κ3) is 1.92. The van der Waals surface area contributed by atoms with Gasteiger partial charge in [0.25, 0.3) is 0 Å². The first-order valence-electron chi connectivity index (χ1n) is 4.77. The lowest BCUT2D eigenvalue weighted by Crippen LogP contribution is -2.20. The maximum absolute atomic E-state index is 11.4. The highest BCUT2D eigenvalue weighted by molar-refractivity contribution is 6.48. The van der Waals surface area contributed by atoms with Gasteiger partial charge in [-0.2, -0.15) is 0 Å². The van der Waals surface area contributed by atoms with Crippen molar-refractivity contribution in [3.8, 4) is 0 Å². The minimum Gasteiger partial charge on any atom is -0.508 e. The van der Waals surface area contributed by atoms with Gasteiger partial charge in [-0.25, -0.2) is 0 Å². The van der Waals surface area contributed by atoms with Crippen molar-refractivity contribution in [2.24, 2.45) is 0 Å². The van der Waals surface area contributed by atoms with Gasteiger partial charge >= 0.3 is 0 Å². The summed E-state index contributed by atoms with van der Waals surface area (Å²) in [6.45, 7) is 3.68. The van der Waals surface area contributed by atoms with Gasteiger partial charge in [-0.05, 0) is 25.3 Å². The zero-order valence-electron chi connectivity index (χ0n) is 8.46. The predicted octanol–water partition coefficient (Wildman–Crippen LogP) is 2.09. The van der Waals surface area contributed by atoms with Crippen molar-refractivity contribution in [1.29, 1.82) is 0 Å². The highest BCUT2D eigenvalue weighted by Gasteiger charge is 2.25. The van der Waals surface area contributed by atoms with Crippen molar-refractivity contribution in [2.45, 2.75) is 33.1 Å². The number of ketones is 2. The third-order valence-corrected chi connectivity index (χ3v) is 2.38. The van der Waals surface area contributed by atoms with E-state index in [1.54, 1.807) is 6.92 Å². The average molecular weight is 194 g/mol. The van der Waals surface area contributed by atoms with E-state index < -0.39 is 11.6 Å². The Hall–Kier alpha value is -1.38. The number of Topliss-reactive ketones (excluding diaryl/α,β-unsaturated/α-hetero) is 1. The summed E-state index contributed by atoms with van der Waals surface area (Å²) in [5.41, 5.74) is 1.01. The molecule has 3 heteroatoms. The largest absolute Gasteiger partial charge is 0.508 e. The molecule has 0 aromatic heterocycles. The highest BCUT2D eigenvalue weighted by Crippen LogP contribution is 2.23. The Balaban J connectivity index is 2.97. The lowest BCUT2D eigenvalue weighted by molar-refractivity contribution is -0.132. The topological polar surface area (TPSA) is 54.4 Å². The number of aliphatic hydroxyl groups is 1. The summed E-state index contributed by atoms with van der Waals surface area (Å²) in [5.74, 6) is -1.14. The van der Waals surface area contributed by atoms with Crippen LogP contribution in [0, 0.1) is 0 Å². The summed E-state index contributed by atoms with van der Waals surface area (Å²) in [4.78, 5) is 22.5. The first-order valence-corrected chi connectivity index (χ1v) is 4.77. The number of allylic oxidation sites excluding steroid dienone is 3. The van der Waals surface area contributed by atoms with Crippen LogP contribution in [0.2, 0.25) is 0 Å². The lowest BCUT2D eigenvalue weighted by Gasteiger charge is -2.13. The van der Waals surface area contributed by atoms with Crippen LogP contribution in [0.4, 0.5) is 0 Å². The smallest absolute Gasteiger partial charge is 0.229 e. The molecule has 0 aromatic rings. The fraction of sp³-hybridized carbons (Fsp3) is 0.455. The Morgan fingerprint density at radius 1 is 1.36 bits per heavy atom. The van der Waals surface area contributed by atoms with E-state index in [4.69, 9.17) is 0 Å². The fourth-order valence-corrected chi connectivity index (χ4v) is 1.43. The SMILES string of the molecule is CCCCC1=C(C)C(O)=CC(=O)C1=O. The molecular formula is C11H14O3. The summed E-state index contributed by atoms with van der Waals surface area (Å²) in [6.07, 6.45) is 3.39. The van der Waals surface area contributed by atoms with E-state index in [9.17, 15) is 14.7 Å². The minimum absolute atomic E-state index is 0.0688. The second-order valence-corrected chi connectivity index (χ2v) is 3.43. The van der Waals surface area contributed by atoms with Crippen LogP contribution >= 0.6 is 0 Å². The number of hydrogen-bond donors (Lipinski definition) is 1. The minimum atomic E-state index is -0.612. The van der Waals surface area contributed by atoms with E-state index in [0.717, 1.165) is 18.9 Å². The molecule has 14 heavy (non-hydrogen) atoms. The molecule has 76 valence electrons. The van der Waals surface area contributed by atoms with Crippen LogP contribution in [0.3, 0.4) is 0 Å². The van der Waals surface area contributed by atoms with Crippen LogP contribution in [0.5, 0.6) is 0 Å². The van der Waals surface area contributed by atoms with E-state index in [1.165, 1.54) is 0 Å². The van der Waals surface area contributed by atoms with Gasteiger partial charge in [0.1, 0.15) is 5.76 Å². The van der Waals surface area contributed by atoms with E-state index in [1.807, 2.05) is 6.92 Å². The summed E-state index contributed by atoms with van der Waals surface area (Å²) in [7, 11) is 0. The Morgan fingerprint density at radius 2 is 2.00 bits per heavy atom. The summed E-state index contributed by atoms with van der Waals surface area (Å²) < 4.78 is 0. The van der Waals surface area contributed by atoms with E-state index >= 15 is 0 Å². The van der Waals surface area contributed by atoms with Gasteiger partial charge < -0.3 is 5.11 Å². The number of carbonyl (C=O) groups excluding carboxylic acids is 2. The van der Waals surface area contributed by atoms with Crippen LogP contribution in [0.15, 0.2) is 23.0 Å². The Labute approximate surface area is 83.1 Å². The molecule has 0 amide bonds. The molecule has 1 rings (SSSR count). The zero-order chi connectivity index (χ0) is 10.7. The highest BCUT2D eigenvalue weighted by atomic mass is 16.3. The molecule has 0 radical (unpaired) electrons. The average Bonchev–Trinajstić information content (AvgIpc) is 2.15. The van der Waals surface area contributed by atoms with Gasteiger partial charge in [-0.1, -0.05) is 13.3 Å². The number of carbonyl (C=O) groups is 2. The van der Waals surface area contributed by atoms with Gasteiger partial charge in [0.05, 0.1) is 0 Å². The van der Waals surface area contributed by atoms with Gasteiger partial charge in [-0.3, -0.25) is 9.59 Å². The number of hydrogen-bond acceptors (Lipinski definition) is 3. The molecule has 1 aliphatic rings. The van der Waals surface area contributed by atoms with Crippen LogP contribution in [0.1, 0.15) is 33.1 Å². The van der Waals surface area contributed by atoms with E-state index in [0.29, 0.717) is 17.6 Å². The van der Waals surface area contributed by atoms with Crippen LogP contribution < -0.4 is 0 Å². The van der Waals surface area contributed by atoms with Crippen LogP contribution in [-0.4, -0.2) is 16.7 Å². The second kappa shape index (κ2) is 4.22. The maximum Gasteiger partial charge on any atom is 0.229 e. The fourth-order valence-electron chi connectivity index (χ4n) is 1.43. The molecule has 0 fully saturated rings. The number of rotatable bonds is 3. The first kappa shape index (κ1) is 10.7. The van der Waals surface area contributed by atoms with Gasteiger partial charge in [-0.15, -0.1) is 0 Å². The molecule has 0 unspecified atom stereocenters. The van der Waals surface area contributed by atoms with Crippen molar-refractivity contribution in [1.82, 2.24) is 0 Å². The quantitative estimate of drug-likeness (QED) is 0.552. The molecule has 0 spiro atoms. The first-order chi connectivity index (χ1) is 6.57. The zero-order valence-corrected chi connectivity index (χ0v) is 8.46. The summed E-state index contributed by atoms with van der Waals surface area (Å²) in [5, 5.41) is 9.37. The van der Waals surface area contributed by atoms with Crippen molar-refractivity contribution >= 4 is 11.6 Å². The van der Waals surface area contributed by atoms with Crippen LogP contribution in [-0.2, 0) is 9.59 Å². The molecule has 1 N–H and O–H groups in total. The number of aliphatic hydroxyl groups excluding tert-OH is 1. The lowest BCUT2D eigenvalue weighted by atomic mass is 9.91. The van der Waals surface area contributed by atoms with Gasteiger partial charge in [0, 0.05) is 11.6 Å². The predicted molar refractivity (Wildman–Crippen MR) is 53.0 cm³/mol. The normalized spacial score (nSPS) is 17.4. The Morgan fingerprint density at radius 3 is 2.57 bits per heavy atom. The molecule has 0 saturated heterocycles. The maximum atomic E-state index is 11.4. The van der Waals surface area contributed by atoms with Crippen molar-refractivity contribution < 1.29 is 14.7 Å². The van der Waals surface area contributed by atoms with Gasteiger partial charge in [0.15, 0.2) is 0 Å². The van der Waals surface area contributed by atoms with Gasteiger partial charge in [0.2, 0.25) is 11.6 Å². The van der Waals surface area contributed by atoms with Crippen molar-refractivity contribution in [3.63, 3.8) is 0 Å².